The van der Waals surface area contributed by atoms with E-state index in [9.17, 15) is 4.79 Å². The number of imidazole rings is 1. The van der Waals surface area contributed by atoms with Crippen LogP contribution in [0.2, 0.25) is 0 Å². The molecule has 0 N–H and O–H groups in total. The molecule has 3 nitrogen and oxygen atoms in total. The van der Waals surface area contributed by atoms with E-state index in [-0.39, 0.29) is 18.3 Å². The van der Waals surface area contributed by atoms with Gasteiger partial charge in [-0.25, -0.2) is 4.98 Å². The average molecular weight is 189 g/mol. The Morgan fingerprint density at radius 1 is 1.33 bits per heavy atom. The van der Waals surface area contributed by atoms with Crippen LogP contribution in [-0.2, 0) is 0 Å². The average Bonchev–Trinajstić information content (AvgIpc) is 2.07. The SMILES string of the molecule is CC(=O)n1c(C)nc(C)c1C.Cl. The molecule has 0 aliphatic heterocycles. The zero-order chi connectivity index (χ0) is 8.59. The number of rotatable bonds is 0. The number of carbonyl (C=O) groups is 1. The van der Waals surface area contributed by atoms with Crippen LogP contribution in [0, 0.1) is 20.8 Å². The summed E-state index contributed by atoms with van der Waals surface area (Å²) in [5, 5.41) is 0. The van der Waals surface area contributed by atoms with Crippen LogP contribution in [0.15, 0.2) is 0 Å². The summed E-state index contributed by atoms with van der Waals surface area (Å²) in [5.74, 6) is 0.799. The van der Waals surface area contributed by atoms with Gasteiger partial charge in [-0.3, -0.25) is 9.36 Å². The number of hydrogen-bond acceptors (Lipinski definition) is 2. The molecule has 0 aliphatic rings. The van der Waals surface area contributed by atoms with Gasteiger partial charge in [-0.05, 0) is 20.8 Å². The normalized spacial score (nSPS) is 9.33. The van der Waals surface area contributed by atoms with Crippen LogP contribution in [-0.4, -0.2) is 15.5 Å². The van der Waals surface area contributed by atoms with E-state index < -0.39 is 0 Å². The fourth-order valence-electron chi connectivity index (χ4n) is 1.24. The first-order chi connectivity index (χ1) is 5.04. The molecule has 0 amide bonds. The fraction of sp³-hybridized carbons (Fsp3) is 0.500. The number of halogens is 1. The molecule has 0 spiro atoms. The lowest BCUT2D eigenvalue weighted by Crippen LogP contribution is -2.09. The van der Waals surface area contributed by atoms with E-state index >= 15 is 0 Å². The van der Waals surface area contributed by atoms with Crippen LogP contribution in [0.5, 0.6) is 0 Å². The van der Waals surface area contributed by atoms with Gasteiger partial charge in [0, 0.05) is 12.6 Å². The van der Waals surface area contributed by atoms with E-state index in [0.717, 1.165) is 17.2 Å². The molecule has 0 unspecified atom stereocenters. The highest BCUT2D eigenvalue weighted by Gasteiger charge is 2.09. The lowest BCUT2D eigenvalue weighted by Gasteiger charge is -2.00. The summed E-state index contributed by atoms with van der Waals surface area (Å²) in [7, 11) is 0. The first-order valence-electron chi connectivity index (χ1n) is 3.57. The van der Waals surface area contributed by atoms with Crippen molar-refractivity contribution in [2.45, 2.75) is 27.7 Å². The summed E-state index contributed by atoms with van der Waals surface area (Å²) in [6, 6.07) is 0. The third kappa shape index (κ3) is 1.67. The number of nitrogens with zero attached hydrogens (tertiary/aromatic N) is 2. The lowest BCUT2D eigenvalue weighted by molar-refractivity contribution is 0.0932. The van der Waals surface area contributed by atoms with E-state index in [2.05, 4.69) is 4.98 Å². The number of aromatic nitrogens is 2. The highest BCUT2D eigenvalue weighted by Crippen LogP contribution is 2.08. The zero-order valence-electron chi connectivity index (χ0n) is 7.71. The van der Waals surface area contributed by atoms with Crippen LogP contribution in [0.1, 0.15) is 28.9 Å². The summed E-state index contributed by atoms with van der Waals surface area (Å²) in [6.07, 6.45) is 0. The molecular formula is C8H13ClN2O. The summed E-state index contributed by atoms with van der Waals surface area (Å²) >= 11 is 0. The standard InChI is InChI=1S/C8H12N2O.ClH/c1-5-6(2)10(8(4)11)7(3)9-5;/h1-4H3;1H. The molecule has 1 rings (SSSR count). The van der Waals surface area contributed by atoms with E-state index in [1.165, 1.54) is 0 Å². The van der Waals surface area contributed by atoms with Crippen molar-refractivity contribution in [3.05, 3.63) is 17.2 Å². The van der Waals surface area contributed by atoms with E-state index in [4.69, 9.17) is 0 Å². The Morgan fingerprint density at radius 3 is 2.00 bits per heavy atom. The summed E-state index contributed by atoms with van der Waals surface area (Å²) in [5.41, 5.74) is 1.87. The molecular weight excluding hydrogens is 176 g/mol. The topological polar surface area (TPSA) is 34.9 Å². The summed E-state index contributed by atoms with van der Waals surface area (Å²) in [6.45, 7) is 7.18. The van der Waals surface area contributed by atoms with Gasteiger partial charge in [0.1, 0.15) is 5.82 Å². The molecule has 0 fully saturated rings. The lowest BCUT2D eigenvalue weighted by atomic mass is 10.4. The Kier molecular flexibility index (Phi) is 3.46. The molecule has 68 valence electrons. The first kappa shape index (κ1) is 11.2. The second-order valence-electron chi connectivity index (χ2n) is 2.68. The third-order valence-electron chi connectivity index (χ3n) is 1.83. The predicted molar refractivity (Wildman–Crippen MR) is 50.0 cm³/mol. The first-order valence-corrected chi connectivity index (χ1v) is 3.57. The molecule has 12 heavy (non-hydrogen) atoms. The van der Waals surface area contributed by atoms with Crippen molar-refractivity contribution in [2.24, 2.45) is 0 Å². The van der Waals surface area contributed by atoms with Crippen molar-refractivity contribution in [3.8, 4) is 0 Å². The molecule has 1 aromatic heterocycles. The van der Waals surface area contributed by atoms with Crippen LogP contribution in [0.25, 0.3) is 0 Å². The number of aryl methyl sites for hydroxylation is 2. The highest BCUT2D eigenvalue weighted by molar-refractivity contribution is 5.85. The molecule has 0 atom stereocenters. The van der Waals surface area contributed by atoms with Crippen molar-refractivity contribution in [2.75, 3.05) is 0 Å². The molecule has 1 aromatic rings. The minimum absolute atomic E-state index is 0. The van der Waals surface area contributed by atoms with Gasteiger partial charge in [0.05, 0.1) is 5.69 Å². The van der Waals surface area contributed by atoms with Gasteiger partial charge in [0.15, 0.2) is 0 Å². The van der Waals surface area contributed by atoms with E-state index in [1.807, 2.05) is 20.8 Å². The Bertz CT molecular complexity index is 304. The Balaban J connectivity index is 0.00000121. The molecule has 0 bridgehead atoms. The third-order valence-corrected chi connectivity index (χ3v) is 1.83. The van der Waals surface area contributed by atoms with E-state index in [0.29, 0.717) is 0 Å². The second-order valence-corrected chi connectivity index (χ2v) is 2.68. The van der Waals surface area contributed by atoms with Crippen molar-refractivity contribution in [3.63, 3.8) is 0 Å². The maximum Gasteiger partial charge on any atom is 0.229 e. The zero-order valence-corrected chi connectivity index (χ0v) is 8.53. The van der Waals surface area contributed by atoms with Gasteiger partial charge >= 0.3 is 0 Å². The minimum atomic E-state index is 0. The van der Waals surface area contributed by atoms with Gasteiger partial charge < -0.3 is 0 Å². The van der Waals surface area contributed by atoms with Gasteiger partial charge in [-0.15, -0.1) is 12.4 Å². The molecule has 0 aliphatic carbocycles. The maximum absolute atomic E-state index is 11.0. The largest absolute Gasteiger partial charge is 0.274 e. The molecule has 0 saturated heterocycles. The van der Waals surface area contributed by atoms with Crippen molar-refractivity contribution < 1.29 is 4.79 Å². The van der Waals surface area contributed by atoms with Crippen LogP contribution >= 0.6 is 12.4 Å². The number of hydrogen-bond donors (Lipinski definition) is 0. The molecule has 1 heterocycles. The Hall–Kier alpha value is -0.830. The monoisotopic (exact) mass is 188 g/mol. The maximum atomic E-state index is 11.0. The van der Waals surface area contributed by atoms with Gasteiger partial charge in [-0.1, -0.05) is 0 Å². The Labute approximate surface area is 78.2 Å². The second kappa shape index (κ2) is 3.72. The van der Waals surface area contributed by atoms with Crippen LogP contribution < -0.4 is 0 Å². The molecule has 0 radical (unpaired) electrons. The fourth-order valence-corrected chi connectivity index (χ4v) is 1.24. The van der Waals surface area contributed by atoms with Crippen molar-refractivity contribution >= 4 is 18.3 Å². The number of carbonyl (C=O) groups excluding carboxylic acids is 1. The highest BCUT2D eigenvalue weighted by atomic mass is 35.5. The smallest absolute Gasteiger partial charge is 0.229 e. The predicted octanol–water partition coefficient (Wildman–Crippen LogP) is 1.89. The van der Waals surface area contributed by atoms with Crippen LogP contribution in [0.4, 0.5) is 0 Å². The summed E-state index contributed by atoms with van der Waals surface area (Å²) < 4.78 is 1.62. The van der Waals surface area contributed by atoms with Crippen LogP contribution in [0.3, 0.4) is 0 Å². The van der Waals surface area contributed by atoms with Gasteiger partial charge in [0.25, 0.3) is 0 Å². The quantitative estimate of drug-likeness (QED) is 0.623. The Morgan fingerprint density at radius 2 is 1.83 bits per heavy atom. The van der Waals surface area contributed by atoms with Gasteiger partial charge in [0.2, 0.25) is 5.91 Å². The van der Waals surface area contributed by atoms with Crippen molar-refractivity contribution in [1.29, 1.82) is 0 Å². The molecule has 4 heteroatoms. The molecule has 0 saturated carbocycles. The molecule has 0 aromatic carbocycles. The van der Waals surface area contributed by atoms with E-state index in [1.54, 1.807) is 11.5 Å². The minimum Gasteiger partial charge on any atom is -0.274 e. The summed E-state index contributed by atoms with van der Waals surface area (Å²) in [4.78, 5) is 15.2. The van der Waals surface area contributed by atoms with Crippen molar-refractivity contribution in [1.82, 2.24) is 9.55 Å². The van der Waals surface area contributed by atoms with Gasteiger partial charge in [-0.2, -0.15) is 0 Å².